The lowest BCUT2D eigenvalue weighted by atomic mass is 10.1. The van der Waals surface area contributed by atoms with Crippen LogP contribution in [-0.2, 0) is 14.3 Å². The number of hydrogen-bond donors (Lipinski definition) is 0. The van der Waals surface area contributed by atoms with Gasteiger partial charge in [0, 0.05) is 44.2 Å². The molecule has 0 saturated carbocycles. The molecule has 2 fully saturated rings. The number of carbonyl (C=O) groups excluding carboxylic acids is 1. The number of hydrogen-bond acceptors (Lipinski definition) is 6. The Hall–Kier alpha value is -2.02. The van der Waals surface area contributed by atoms with Crippen molar-refractivity contribution in [3.8, 4) is 0 Å². The highest BCUT2D eigenvalue weighted by Gasteiger charge is 2.30. The summed E-state index contributed by atoms with van der Waals surface area (Å²) in [7, 11) is 0. The topological polar surface area (TPSA) is 54.4 Å². The molecule has 3 aliphatic rings. The van der Waals surface area contributed by atoms with E-state index in [0.717, 1.165) is 60.2 Å². The number of allylic oxidation sites excluding steroid dienone is 3. The van der Waals surface area contributed by atoms with Gasteiger partial charge in [-0.1, -0.05) is 38.1 Å². The maximum absolute atomic E-state index is 13.6. The summed E-state index contributed by atoms with van der Waals surface area (Å²) < 4.78 is 11.7. The average Bonchev–Trinajstić information content (AvgIpc) is 2.85. The van der Waals surface area contributed by atoms with Crippen molar-refractivity contribution in [1.82, 2.24) is 9.80 Å². The average molecular weight is 532 g/mol. The monoisotopic (exact) mass is 531 g/mol. The Morgan fingerprint density at radius 3 is 3.03 bits per heavy atom. The largest absolute Gasteiger partial charge is 0.491 e. The number of amides is 1. The van der Waals surface area contributed by atoms with Crippen molar-refractivity contribution in [3.05, 3.63) is 64.1 Å². The lowest BCUT2D eigenvalue weighted by molar-refractivity contribution is -0.149. The van der Waals surface area contributed by atoms with E-state index in [1.165, 1.54) is 0 Å². The fourth-order valence-electron chi connectivity index (χ4n) is 4.12. The summed E-state index contributed by atoms with van der Waals surface area (Å²) in [4.78, 5) is 23.1. The summed E-state index contributed by atoms with van der Waals surface area (Å²) >= 11 is 7.96. The molecule has 36 heavy (non-hydrogen) atoms. The van der Waals surface area contributed by atoms with Gasteiger partial charge in [0.25, 0.3) is 5.91 Å². The van der Waals surface area contributed by atoms with Crippen LogP contribution in [0.5, 0.6) is 0 Å². The Labute approximate surface area is 225 Å². The Kier molecular flexibility index (Phi) is 11.6. The van der Waals surface area contributed by atoms with Gasteiger partial charge in [0.15, 0.2) is 0 Å². The number of nitrogens with zero attached hydrogens (tertiary/aromatic N) is 3. The number of ether oxygens (including phenoxy) is 2. The summed E-state index contributed by atoms with van der Waals surface area (Å²) in [6, 6.07) is 0. The van der Waals surface area contributed by atoms with E-state index in [0.29, 0.717) is 37.3 Å². The van der Waals surface area contributed by atoms with Gasteiger partial charge in [-0.3, -0.25) is 9.69 Å². The summed E-state index contributed by atoms with van der Waals surface area (Å²) in [5.41, 5.74) is 5.26. The van der Waals surface area contributed by atoms with Crippen LogP contribution in [0.25, 0.3) is 0 Å². The summed E-state index contributed by atoms with van der Waals surface area (Å²) in [6.45, 7) is 14.5. The van der Waals surface area contributed by atoms with E-state index in [9.17, 15) is 4.79 Å². The first-order valence-corrected chi connectivity index (χ1v) is 14.0. The molecule has 3 rings (SSSR count). The van der Waals surface area contributed by atoms with Crippen LogP contribution < -0.4 is 0 Å². The van der Waals surface area contributed by atoms with Crippen LogP contribution in [-0.4, -0.2) is 79.2 Å². The van der Waals surface area contributed by atoms with E-state index in [4.69, 9.17) is 21.1 Å². The molecule has 0 aromatic rings. The van der Waals surface area contributed by atoms with Crippen molar-refractivity contribution >= 4 is 35.0 Å². The highest BCUT2D eigenvalue weighted by atomic mass is 35.5. The highest BCUT2D eigenvalue weighted by Crippen LogP contribution is 2.30. The zero-order valence-corrected chi connectivity index (χ0v) is 23.2. The first-order valence-electron chi connectivity index (χ1n) is 12.6. The predicted octanol–water partition coefficient (Wildman–Crippen LogP) is 5.31. The second-order valence-electron chi connectivity index (χ2n) is 9.44. The Morgan fingerprint density at radius 2 is 2.25 bits per heavy atom. The van der Waals surface area contributed by atoms with Crippen molar-refractivity contribution < 1.29 is 14.3 Å². The molecular formula is C28H38ClN3O3S. The van der Waals surface area contributed by atoms with Gasteiger partial charge in [0.1, 0.15) is 17.0 Å². The van der Waals surface area contributed by atoms with Gasteiger partial charge in [-0.05, 0) is 55.6 Å². The van der Waals surface area contributed by atoms with Gasteiger partial charge in [-0.2, -0.15) is 0 Å². The maximum atomic E-state index is 13.6. The van der Waals surface area contributed by atoms with Gasteiger partial charge in [-0.15, -0.1) is 17.5 Å². The number of thioether (sulfide) groups is 1. The third-order valence-corrected chi connectivity index (χ3v) is 7.13. The minimum Gasteiger partial charge on any atom is -0.491 e. The first-order chi connectivity index (χ1) is 17.4. The zero-order valence-electron chi connectivity index (χ0n) is 21.7. The SMILES string of the molecule is C=C/C(C)=N\C(Cl)=C/CCN1CCOC(C(=O)N(C/C2=C/CC=C3OCCSC3=C=C2)CC(C)C)C1. The molecule has 1 amide bonds. The van der Waals surface area contributed by atoms with Crippen LogP contribution in [0.3, 0.4) is 0 Å². The van der Waals surface area contributed by atoms with Crippen LogP contribution in [0.2, 0.25) is 0 Å². The normalized spacial score (nSPS) is 22.9. The molecule has 1 unspecified atom stereocenters. The number of rotatable bonds is 10. The third-order valence-electron chi connectivity index (χ3n) is 5.92. The molecule has 2 heterocycles. The molecule has 196 valence electrons. The molecule has 0 radical (unpaired) electrons. The standard InChI is InChI=1S/C28H38ClN3O3S/c1-5-22(4)30-27(29)10-7-13-31-14-15-34-25(20-31)28(33)32(18-21(2)3)19-23-8-6-9-24-26(12-11-23)36-17-16-35-24/h5,8-11,21,25H,1,6-7,13-20H2,2-4H3/b23-8+,24-9?,27-10-,30-22-. The van der Waals surface area contributed by atoms with Crippen LogP contribution in [0.15, 0.2) is 69.1 Å². The first kappa shape index (κ1) is 28.5. The van der Waals surface area contributed by atoms with Gasteiger partial charge in [0.05, 0.1) is 18.1 Å². The highest BCUT2D eigenvalue weighted by molar-refractivity contribution is 8.03. The Morgan fingerprint density at radius 1 is 1.42 bits per heavy atom. The molecule has 8 heteroatoms. The fraction of sp³-hybridized carbons (Fsp3) is 0.536. The molecule has 1 atom stereocenters. The Bertz CT molecular complexity index is 992. The van der Waals surface area contributed by atoms with E-state index in [-0.39, 0.29) is 5.91 Å². The lowest BCUT2D eigenvalue weighted by Crippen LogP contribution is -2.52. The van der Waals surface area contributed by atoms with E-state index in [2.05, 4.69) is 48.2 Å². The molecule has 0 spiro atoms. The maximum Gasteiger partial charge on any atom is 0.253 e. The van der Waals surface area contributed by atoms with E-state index in [1.807, 2.05) is 24.0 Å². The van der Waals surface area contributed by atoms with E-state index in [1.54, 1.807) is 17.8 Å². The fourth-order valence-corrected chi connectivity index (χ4v) is 5.16. The smallest absolute Gasteiger partial charge is 0.253 e. The van der Waals surface area contributed by atoms with Crippen molar-refractivity contribution in [2.24, 2.45) is 10.9 Å². The van der Waals surface area contributed by atoms with Gasteiger partial charge in [-0.25, -0.2) is 4.99 Å². The van der Waals surface area contributed by atoms with Crippen molar-refractivity contribution in [2.45, 2.75) is 39.7 Å². The number of fused-ring (bicyclic) bond motifs is 1. The van der Waals surface area contributed by atoms with Crippen LogP contribution >= 0.6 is 23.4 Å². The van der Waals surface area contributed by atoms with Crippen LogP contribution in [0.1, 0.15) is 33.6 Å². The number of morpholine rings is 1. The van der Waals surface area contributed by atoms with E-state index < -0.39 is 6.10 Å². The molecule has 1 aliphatic carbocycles. The molecule has 2 saturated heterocycles. The van der Waals surface area contributed by atoms with Gasteiger partial charge < -0.3 is 14.4 Å². The second-order valence-corrected chi connectivity index (χ2v) is 10.9. The minimum absolute atomic E-state index is 0.0452. The van der Waals surface area contributed by atoms with Crippen molar-refractivity contribution in [3.63, 3.8) is 0 Å². The third kappa shape index (κ3) is 9.13. The van der Waals surface area contributed by atoms with Crippen molar-refractivity contribution in [1.29, 1.82) is 0 Å². The molecule has 0 aromatic carbocycles. The summed E-state index contributed by atoms with van der Waals surface area (Å²) in [5.74, 6) is 2.25. The second kappa shape index (κ2) is 14.7. The van der Waals surface area contributed by atoms with Crippen LogP contribution in [0.4, 0.5) is 0 Å². The van der Waals surface area contributed by atoms with Gasteiger partial charge in [0.2, 0.25) is 0 Å². The molecule has 2 aliphatic heterocycles. The van der Waals surface area contributed by atoms with Crippen LogP contribution in [0, 0.1) is 5.92 Å². The number of carbonyl (C=O) groups is 1. The lowest BCUT2D eigenvalue weighted by Gasteiger charge is -2.35. The summed E-state index contributed by atoms with van der Waals surface area (Å²) in [5, 5.41) is 0.465. The number of aliphatic imine (C=N–C) groups is 1. The quantitative estimate of drug-likeness (QED) is 0.217. The Balaban J connectivity index is 1.62. The predicted molar refractivity (Wildman–Crippen MR) is 150 cm³/mol. The minimum atomic E-state index is -0.469. The van der Waals surface area contributed by atoms with Crippen molar-refractivity contribution in [2.75, 3.05) is 51.7 Å². The van der Waals surface area contributed by atoms with Gasteiger partial charge >= 0.3 is 0 Å². The molecule has 0 aromatic heterocycles. The van der Waals surface area contributed by atoms with E-state index >= 15 is 0 Å². The molecule has 0 bridgehead atoms. The number of halogens is 1. The summed E-state index contributed by atoms with van der Waals surface area (Å²) in [6.07, 6.45) is 10.9. The molecule has 6 nitrogen and oxygen atoms in total. The molecular weight excluding hydrogens is 494 g/mol. The molecule has 0 N–H and O–H groups in total. The zero-order chi connectivity index (χ0) is 25.9.